The molecule has 1 fully saturated rings. The molecule has 1 aromatic rings. The van der Waals surface area contributed by atoms with Gasteiger partial charge in [-0.05, 0) is 37.9 Å². The molecular weight excluding hydrogens is 268 g/mol. The predicted molar refractivity (Wildman–Crippen MR) is 82.1 cm³/mol. The van der Waals surface area contributed by atoms with Crippen LogP contribution in [0.3, 0.4) is 0 Å². The highest BCUT2D eigenvalue weighted by molar-refractivity contribution is 5.96. The van der Waals surface area contributed by atoms with Crippen LogP contribution in [0.1, 0.15) is 35.7 Å². The van der Waals surface area contributed by atoms with Crippen molar-refractivity contribution in [2.75, 3.05) is 32.5 Å². The zero-order chi connectivity index (χ0) is 15.2. The quantitative estimate of drug-likeness (QED) is 0.664. The third kappa shape index (κ3) is 3.95. The van der Waals surface area contributed by atoms with Gasteiger partial charge in [-0.3, -0.25) is 4.90 Å². The van der Waals surface area contributed by atoms with E-state index in [0.29, 0.717) is 17.8 Å². The Bertz CT molecular complexity index is 488. The number of likely N-dealkylation sites (tertiary alicyclic amines) is 1. The minimum Gasteiger partial charge on any atom is -0.465 e. The van der Waals surface area contributed by atoms with Crippen molar-refractivity contribution in [2.24, 2.45) is 0 Å². The van der Waals surface area contributed by atoms with Crippen LogP contribution in [0.2, 0.25) is 0 Å². The molecular formula is C16H24N2O3. The molecule has 0 saturated carbocycles. The summed E-state index contributed by atoms with van der Waals surface area (Å²) in [5, 5.41) is 0. The van der Waals surface area contributed by atoms with E-state index in [1.165, 1.54) is 7.11 Å². The van der Waals surface area contributed by atoms with Gasteiger partial charge < -0.3 is 15.2 Å². The Morgan fingerprint density at radius 1 is 1.48 bits per heavy atom. The molecule has 1 aromatic carbocycles. The third-order valence-electron chi connectivity index (χ3n) is 3.83. The van der Waals surface area contributed by atoms with Crippen LogP contribution in [0.5, 0.6) is 0 Å². The maximum atomic E-state index is 11.9. The second kappa shape index (κ2) is 7.43. The lowest BCUT2D eigenvalue weighted by Crippen LogP contribution is -2.39. The number of nitrogen functional groups attached to an aromatic ring is 1. The summed E-state index contributed by atoms with van der Waals surface area (Å²) < 4.78 is 10.6. The molecule has 0 radical (unpaired) electrons. The van der Waals surface area contributed by atoms with E-state index in [1.807, 2.05) is 19.1 Å². The maximum absolute atomic E-state index is 11.9. The van der Waals surface area contributed by atoms with Gasteiger partial charge in [0.15, 0.2) is 0 Å². The van der Waals surface area contributed by atoms with Crippen LogP contribution in [-0.2, 0) is 16.0 Å². The molecule has 1 saturated heterocycles. The maximum Gasteiger partial charge on any atom is 0.340 e. The molecule has 1 atom stereocenters. The second-order valence-electron chi connectivity index (χ2n) is 5.33. The Hall–Kier alpha value is -1.59. The van der Waals surface area contributed by atoms with E-state index in [0.717, 1.165) is 38.1 Å². The van der Waals surface area contributed by atoms with E-state index in [9.17, 15) is 4.79 Å². The summed E-state index contributed by atoms with van der Waals surface area (Å²) in [6.07, 6.45) is 2.50. The molecule has 1 unspecified atom stereocenters. The molecule has 0 spiro atoms. The molecule has 0 bridgehead atoms. The summed E-state index contributed by atoms with van der Waals surface area (Å²) in [5.74, 6) is -0.374. The SMILES string of the molecule is CCOC1CCCN(Cc2cccc(N)c2C(=O)OC)C1. The Labute approximate surface area is 126 Å². The molecule has 0 amide bonds. The molecule has 5 heteroatoms. The average molecular weight is 292 g/mol. The number of hydrogen-bond donors (Lipinski definition) is 1. The van der Waals surface area contributed by atoms with Gasteiger partial charge in [0.1, 0.15) is 0 Å². The summed E-state index contributed by atoms with van der Waals surface area (Å²) in [6, 6.07) is 5.54. The summed E-state index contributed by atoms with van der Waals surface area (Å²) in [4.78, 5) is 14.2. The fourth-order valence-electron chi connectivity index (χ4n) is 2.87. The van der Waals surface area contributed by atoms with Crippen molar-refractivity contribution in [1.82, 2.24) is 4.90 Å². The highest BCUT2D eigenvalue weighted by Crippen LogP contribution is 2.22. The lowest BCUT2D eigenvalue weighted by atomic mass is 10.0. The van der Waals surface area contributed by atoms with Gasteiger partial charge in [0, 0.05) is 25.4 Å². The number of carbonyl (C=O) groups is 1. The standard InChI is InChI=1S/C16H24N2O3/c1-3-21-13-7-5-9-18(11-13)10-12-6-4-8-14(17)15(12)16(19)20-2/h4,6,8,13H,3,5,7,9-11,17H2,1-2H3. The van der Waals surface area contributed by atoms with Crippen molar-refractivity contribution >= 4 is 11.7 Å². The van der Waals surface area contributed by atoms with Crippen molar-refractivity contribution in [3.8, 4) is 0 Å². The summed E-state index contributed by atoms with van der Waals surface area (Å²) in [7, 11) is 1.38. The van der Waals surface area contributed by atoms with E-state index in [4.69, 9.17) is 15.2 Å². The van der Waals surface area contributed by atoms with Crippen molar-refractivity contribution in [3.63, 3.8) is 0 Å². The fourth-order valence-corrected chi connectivity index (χ4v) is 2.87. The first-order valence-electron chi connectivity index (χ1n) is 7.45. The normalized spacial score (nSPS) is 19.4. The minimum absolute atomic E-state index is 0.284. The molecule has 1 heterocycles. The van der Waals surface area contributed by atoms with Crippen LogP contribution in [0.15, 0.2) is 18.2 Å². The van der Waals surface area contributed by atoms with Crippen LogP contribution >= 0.6 is 0 Å². The van der Waals surface area contributed by atoms with E-state index >= 15 is 0 Å². The molecule has 2 N–H and O–H groups in total. The molecule has 116 valence electrons. The van der Waals surface area contributed by atoms with Gasteiger partial charge >= 0.3 is 5.97 Å². The molecule has 1 aliphatic heterocycles. The van der Waals surface area contributed by atoms with Gasteiger partial charge in [0.2, 0.25) is 0 Å². The number of methoxy groups -OCH3 is 1. The van der Waals surface area contributed by atoms with E-state index < -0.39 is 0 Å². The summed E-state index contributed by atoms with van der Waals surface area (Å²) >= 11 is 0. The molecule has 1 aliphatic rings. The number of hydrogen-bond acceptors (Lipinski definition) is 5. The number of ether oxygens (including phenoxy) is 2. The van der Waals surface area contributed by atoms with Crippen LogP contribution < -0.4 is 5.73 Å². The fraction of sp³-hybridized carbons (Fsp3) is 0.562. The number of nitrogens with two attached hydrogens (primary N) is 1. The Morgan fingerprint density at radius 3 is 3.00 bits per heavy atom. The Morgan fingerprint density at radius 2 is 2.29 bits per heavy atom. The number of piperidine rings is 1. The van der Waals surface area contributed by atoms with Crippen LogP contribution in [0.4, 0.5) is 5.69 Å². The predicted octanol–water partition coefficient (Wildman–Crippen LogP) is 2.06. The topological polar surface area (TPSA) is 64.8 Å². The minimum atomic E-state index is -0.374. The van der Waals surface area contributed by atoms with Gasteiger partial charge in [-0.15, -0.1) is 0 Å². The van der Waals surface area contributed by atoms with Crippen LogP contribution in [0, 0.1) is 0 Å². The van der Waals surface area contributed by atoms with E-state index in [2.05, 4.69) is 4.90 Å². The monoisotopic (exact) mass is 292 g/mol. The Kier molecular flexibility index (Phi) is 5.59. The summed E-state index contributed by atoms with van der Waals surface area (Å²) in [6.45, 7) is 5.36. The zero-order valence-electron chi connectivity index (χ0n) is 12.8. The molecule has 0 aliphatic carbocycles. The highest BCUT2D eigenvalue weighted by atomic mass is 16.5. The third-order valence-corrected chi connectivity index (χ3v) is 3.83. The average Bonchev–Trinajstić information content (AvgIpc) is 2.47. The number of anilines is 1. The molecule has 2 rings (SSSR count). The lowest BCUT2D eigenvalue weighted by molar-refractivity contribution is 0.00354. The first-order valence-corrected chi connectivity index (χ1v) is 7.45. The van der Waals surface area contributed by atoms with Crippen molar-refractivity contribution < 1.29 is 14.3 Å². The van der Waals surface area contributed by atoms with Crippen molar-refractivity contribution in [2.45, 2.75) is 32.4 Å². The van der Waals surface area contributed by atoms with Gasteiger partial charge in [-0.25, -0.2) is 4.79 Å². The molecule has 21 heavy (non-hydrogen) atoms. The first kappa shape index (κ1) is 15.8. The first-order chi connectivity index (χ1) is 10.2. The highest BCUT2D eigenvalue weighted by Gasteiger charge is 2.22. The molecule has 0 aromatic heterocycles. The van der Waals surface area contributed by atoms with Gasteiger partial charge in [0.05, 0.1) is 18.8 Å². The van der Waals surface area contributed by atoms with Crippen molar-refractivity contribution in [3.05, 3.63) is 29.3 Å². The smallest absolute Gasteiger partial charge is 0.340 e. The van der Waals surface area contributed by atoms with E-state index in [1.54, 1.807) is 6.07 Å². The van der Waals surface area contributed by atoms with Crippen LogP contribution in [0.25, 0.3) is 0 Å². The number of rotatable bonds is 5. The second-order valence-corrected chi connectivity index (χ2v) is 5.33. The molecule has 5 nitrogen and oxygen atoms in total. The van der Waals surface area contributed by atoms with Crippen LogP contribution in [-0.4, -0.2) is 43.8 Å². The lowest BCUT2D eigenvalue weighted by Gasteiger charge is -2.32. The number of carbonyl (C=O) groups excluding carboxylic acids is 1. The number of nitrogens with zero attached hydrogens (tertiary/aromatic N) is 1. The van der Waals surface area contributed by atoms with Gasteiger partial charge in [-0.2, -0.15) is 0 Å². The Balaban J connectivity index is 2.12. The zero-order valence-corrected chi connectivity index (χ0v) is 12.8. The van der Waals surface area contributed by atoms with Crippen molar-refractivity contribution in [1.29, 1.82) is 0 Å². The van der Waals surface area contributed by atoms with Gasteiger partial charge in [0.25, 0.3) is 0 Å². The number of benzene rings is 1. The largest absolute Gasteiger partial charge is 0.465 e. The summed E-state index contributed by atoms with van der Waals surface area (Å²) in [5.41, 5.74) is 7.80. The van der Waals surface area contributed by atoms with Gasteiger partial charge in [-0.1, -0.05) is 12.1 Å². The van der Waals surface area contributed by atoms with E-state index in [-0.39, 0.29) is 12.1 Å². The number of esters is 1.